The molecular formula is C26H32N2O6. The van der Waals surface area contributed by atoms with Gasteiger partial charge in [0.2, 0.25) is 5.91 Å². The summed E-state index contributed by atoms with van der Waals surface area (Å²) in [5, 5.41) is 14.4. The number of hydrogen-bond acceptors (Lipinski definition) is 5. The number of ether oxygens (including phenoxy) is 2. The van der Waals surface area contributed by atoms with Crippen LogP contribution in [-0.4, -0.2) is 55.5 Å². The average Bonchev–Trinajstić information content (AvgIpc) is 3.14. The Bertz CT molecular complexity index is 963. The van der Waals surface area contributed by atoms with Gasteiger partial charge in [-0.15, -0.1) is 0 Å². The highest BCUT2D eigenvalue weighted by Crippen LogP contribution is 2.44. The highest BCUT2D eigenvalue weighted by Gasteiger charge is 2.29. The van der Waals surface area contributed by atoms with Gasteiger partial charge in [-0.25, -0.2) is 9.59 Å². The van der Waals surface area contributed by atoms with E-state index in [0.717, 1.165) is 35.1 Å². The SMILES string of the molecule is CCCC[C@H](CC(=O)NC(COC)C(=O)O)NC(=O)OCC1c2ccccc2-c2ccccc21. The van der Waals surface area contributed by atoms with Crippen molar-refractivity contribution in [3.05, 3.63) is 59.7 Å². The number of carboxylic acid groups (broad SMARTS) is 1. The number of carbonyl (C=O) groups excluding carboxylic acids is 2. The topological polar surface area (TPSA) is 114 Å². The molecule has 1 aliphatic rings. The Morgan fingerprint density at radius 3 is 2.18 bits per heavy atom. The zero-order valence-electron chi connectivity index (χ0n) is 19.6. The second-order valence-corrected chi connectivity index (χ2v) is 8.43. The molecule has 8 nitrogen and oxygen atoms in total. The summed E-state index contributed by atoms with van der Waals surface area (Å²) in [6, 6.07) is 14.6. The molecule has 0 saturated heterocycles. The third kappa shape index (κ3) is 6.35. The maximum atomic E-state index is 12.6. The van der Waals surface area contributed by atoms with Gasteiger partial charge in [-0.3, -0.25) is 4.79 Å². The summed E-state index contributed by atoms with van der Waals surface area (Å²) in [4.78, 5) is 36.3. The molecule has 2 aromatic carbocycles. The zero-order chi connectivity index (χ0) is 24.5. The largest absolute Gasteiger partial charge is 0.480 e. The minimum atomic E-state index is -1.18. The number of nitrogens with one attached hydrogen (secondary N) is 2. The van der Waals surface area contributed by atoms with Crippen molar-refractivity contribution in [2.45, 2.75) is 50.6 Å². The van der Waals surface area contributed by atoms with E-state index in [1.165, 1.54) is 7.11 Å². The van der Waals surface area contributed by atoms with E-state index in [2.05, 4.69) is 34.9 Å². The van der Waals surface area contributed by atoms with Crippen LogP contribution >= 0.6 is 0 Å². The van der Waals surface area contributed by atoms with Gasteiger partial charge in [0.25, 0.3) is 0 Å². The van der Waals surface area contributed by atoms with Crippen molar-refractivity contribution in [2.24, 2.45) is 0 Å². The molecule has 0 bridgehead atoms. The first kappa shape index (κ1) is 25.2. The zero-order valence-corrected chi connectivity index (χ0v) is 19.6. The fourth-order valence-corrected chi connectivity index (χ4v) is 4.30. The first-order valence-corrected chi connectivity index (χ1v) is 11.6. The number of aliphatic carboxylic acids is 1. The van der Waals surface area contributed by atoms with Crippen molar-refractivity contribution in [1.29, 1.82) is 0 Å². The van der Waals surface area contributed by atoms with Crippen molar-refractivity contribution in [3.8, 4) is 11.1 Å². The molecule has 0 saturated carbocycles. The lowest BCUT2D eigenvalue weighted by atomic mass is 9.98. The van der Waals surface area contributed by atoms with Crippen LogP contribution in [0.5, 0.6) is 0 Å². The monoisotopic (exact) mass is 468 g/mol. The number of alkyl carbamates (subject to hydrolysis) is 1. The normalized spacial score (nSPS) is 13.9. The van der Waals surface area contributed by atoms with Gasteiger partial charge < -0.3 is 25.2 Å². The van der Waals surface area contributed by atoms with Gasteiger partial charge in [-0.2, -0.15) is 0 Å². The number of carboxylic acids is 1. The van der Waals surface area contributed by atoms with E-state index in [9.17, 15) is 19.5 Å². The van der Waals surface area contributed by atoms with Gasteiger partial charge in [0.05, 0.1) is 6.61 Å². The summed E-state index contributed by atoms with van der Waals surface area (Å²) in [7, 11) is 1.37. The van der Waals surface area contributed by atoms with Crippen molar-refractivity contribution < 1.29 is 29.0 Å². The third-order valence-electron chi connectivity index (χ3n) is 5.97. The average molecular weight is 469 g/mol. The van der Waals surface area contributed by atoms with E-state index >= 15 is 0 Å². The third-order valence-corrected chi connectivity index (χ3v) is 5.97. The van der Waals surface area contributed by atoms with Gasteiger partial charge >= 0.3 is 12.1 Å². The van der Waals surface area contributed by atoms with Gasteiger partial charge in [0.15, 0.2) is 6.04 Å². The molecule has 2 amide bonds. The van der Waals surface area contributed by atoms with Crippen molar-refractivity contribution >= 4 is 18.0 Å². The minimum Gasteiger partial charge on any atom is -0.480 e. The number of amides is 2. The van der Waals surface area contributed by atoms with Crippen molar-refractivity contribution in [3.63, 3.8) is 0 Å². The maximum Gasteiger partial charge on any atom is 0.407 e. The molecule has 1 unspecified atom stereocenters. The minimum absolute atomic E-state index is 0.0440. The lowest BCUT2D eigenvalue weighted by molar-refractivity contribution is -0.143. The molecule has 0 aromatic heterocycles. The number of unbranched alkanes of at least 4 members (excludes halogenated alkanes) is 1. The lowest BCUT2D eigenvalue weighted by Gasteiger charge is -2.21. The molecule has 0 heterocycles. The predicted molar refractivity (Wildman–Crippen MR) is 128 cm³/mol. The molecule has 3 N–H and O–H groups in total. The second kappa shape index (κ2) is 12.2. The molecule has 0 spiro atoms. The maximum absolute atomic E-state index is 12.6. The predicted octanol–water partition coefficient (Wildman–Crippen LogP) is 3.69. The molecule has 2 atom stereocenters. The Balaban J connectivity index is 1.60. The van der Waals surface area contributed by atoms with Gasteiger partial charge in [0, 0.05) is 25.5 Å². The quantitative estimate of drug-likeness (QED) is 0.438. The molecule has 3 rings (SSSR count). The first-order valence-electron chi connectivity index (χ1n) is 11.6. The summed E-state index contributed by atoms with van der Waals surface area (Å²) in [6.07, 6.45) is 1.64. The summed E-state index contributed by atoms with van der Waals surface area (Å²) >= 11 is 0. The molecule has 182 valence electrons. The summed E-state index contributed by atoms with van der Waals surface area (Å²) in [5.74, 6) is -1.70. The van der Waals surface area contributed by atoms with E-state index in [1.807, 2.05) is 31.2 Å². The van der Waals surface area contributed by atoms with Gasteiger partial charge in [-0.05, 0) is 28.7 Å². The molecule has 0 aliphatic heterocycles. The van der Waals surface area contributed by atoms with Crippen LogP contribution in [0.1, 0.15) is 49.7 Å². The second-order valence-electron chi connectivity index (χ2n) is 8.43. The van der Waals surface area contributed by atoms with Gasteiger partial charge in [-0.1, -0.05) is 68.3 Å². The highest BCUT2D eigenvalue weighted by molar-refractivity contribution is 5.84. The van der Waals surface area contributed by atoms with E-state index in [-0.39, 0.29) is 25.6 Å². The number of fused-ring (bicyclic) bond motifs is 3. The number of methoxy groups -OCH3 is 1. The van der Waals surface area contributed by atoms with Crippen LogP contribution < -0.4 is 10.6 Å². The van der Waals surface area contributed by atoms with E-state index < -0.39 is 30.1 Å². The van der Waals surface area contributed by atoms with Crippen molar-refractivity contribution in [1.82, 2.24) is 10.6 Å². The Morgan fingerprint density at radius 2 is 1.62 bits per heavy atom. The van der Waals surface area contributed by atoms with Crippen LogP contribution in [0.4, 0.5) is 4.79 Å². The number of carbonyl (C=O) groups is 3. The van der Waals surface area contributed by atoms with E-state index in [1.54, 1.807) is 0 Å². The highest BCUT2D eigenvalue weighted by atomic mass is 16.5. The van der Waals surface area contributed by atoms with Crippen LogP contribution in [-0.2, 0) is 19.1 Å². The lowest BCUT2D eigenvalue weighted by Crippen LogP contribution is -2.46. The van der Waals surface area contributed by atoms with Crippen LogP contribution in [0.25, 0.3) is 11.1 Å². The van der Waals surface area contributed by atoms with Gasteiger partial charge in [0.1, 0.15) is 6.61 Å². The molecule has 0 fully saturated rings. The fourth-order valence-electron chi connectivity index (χ4n) is 4.30. The Hall–Kier alpha value is -3.39. The number of hydrogen-bond donors (Lipinski definition) is 3. The molecule has 8 heteroatoms. The Morgan fingerprint density at radius 1 is 1.00 bits per heavy atom. The molecule has 0 radical (unpaired) electrons. The fraction of sp³-hybridized carbons (Fsp3) is 0.423. The summed E-state index contributed by atoms with van der Waals surface area (Å²) in [5.41, 5.74) is 4.54. The first-order chi connectivity index (χ1) is 16.4. The van der Waals surface area contributed by atoms with E-state index in [0.29, 0.717) is 6.42 Å². The number of benzene rings is 2. The molecule has 1 aliphatic carbocycles. The molecular weight excluding hydrogens is 436 g/mol. The Kier molecular flexibility index (Phi) is 9.04. The van der Waals surface area contributed by atoms with Crippen LogP contribution in [0.15, 0.2) is 48.5 Å². The number of rotatable bonds is 12. The summed E-state index contributed by atoms with van der Waals surface area (Å²) in [6.45, 7) is 2.06. The van der Waals surface area contributed by atoms with Crippen LogP contribution in [0, 0.1) is 0 Å². The van der Waals surface area contributed by atoms with Crippen LogP contribution in [0.3, 0.4) is 0 Å². The summed E-state index contributed by atoms with van der Waals surface area (Å²) < 4.78 is 10.4. The van der Waals surface area contributed by atoms with Crippen molar-refractivity contribution in [2.75, 3.05) is 20.3 Å². The van der Waals surface area contributed by atoms with Crippen LogP contribution in [0.2, 0.25) is 0 Å². The smallest absolute Gasteiger partial charge is 0.407 e. The molecule has 34 heavy (non-hydrogen) atoms. The Labute approximate surface area is 199 Å². The van der Waals surface area contributed by atoms with E-state index in [4.69, 9.17) is 9.47 Å². The standard InChI is InChI=1S/C26H32N2O6/c1-3-4-9-17(14-24(29)28-23(16-33-2)25(30)31)27-26(32)34-15-22-20-12-7-5-10-18(20)19-11-6-8-13-21(19)22/h5-8,10-13,17,22-23H,3-4,9,14-16H2,1-2H3,(H,27,32)(H,28,29)(H,30,31)/t17-,23?/m1/s1. The molecule has 2 aromatic rings.